The highest BCUT2D eigenvalue weighted by Crippen LogP contribution is 2.30. The molecular formula is C16H15N. The van der Waals surface area contributed by atoms with Gasteiger partial charge in [-0.2, -0.15) is 0 Å². The number of benzene rings is 1. The van der Waals surface area contributed by atoms with Crippen LogP contribution in [0, 0.1) is 0 Å². The van der Waals surface area contributed by atoms with Crippen molar-refractivity contribution in [1.29, 1.82) is 0 Å². The summed E-state index contributed by atoms with van der Waals surface area (Å²) in [5, 5.41) is 0. The fraction of sp³-hybridized carbons (Fsp3) is 0.125. The minimum atomic E-state index is 0.388. The van der Waals surface area contributed by atoms with Crippen molar-refractivity contribution in [2.24, 2.45) is 0 Å². The third-order valence-corrected chi connectivity index (χ3v) is 3.33. The van der Waals surface area contributed by atoms with E-state index < -0.39 is 0 Å². The van der Waals surface area contributed by atoms with Gasteiger partial charge in [-0.15, -0.1) is 0 Å². The van der Waals surface area contributed by atoms with Crippen molar-refractivity contribution in [1.82, 2.24) is 4.90 Å². The van der Waals surface area contributed by atoms with Crippen LogP contribution in [-0.2, 0) is 0 Å². The summed E-state index contributed by atoms with van der Waals surface area (Å²) in [5.74, 6) is 0. The van der Waals surface area contributed by atoms with E-state index >= 15 is 0 Å². The van der Waals surface area contributed by atoms with Gasteiger partial charge in [0.2, 0.25) is 0 Å². The SMILES string of the molecule is CC1C(c2ccccc2)=CC=C2C=CC=CN21. The van der Waals surface area contributed by atoms with E-state index in [-0.39, 0.29) is 0 Å². The lowest BCUT2D eigenvalue weighted by Crippen LogP contribution is -2.30. The number of rotatable bonds is 1. The minimum Gasteiger partial charge on any atom is -0.341 e. The second kappa shape index (κ2) is 4.10. The fourth-order valence-electron chi connectivity index (χ4n) is 2.40. The van der Waals surface area contributed by atoms with Gasteiger partial charge in [0.1, 0.15) is 0 Å². The van der Waals surface area contributed by atoms with Crippen LogP contribution in [0.4, 0.5) is 0 Å². The van der Waals surface area contributed by atoms with Gasteiger partial charge in [-0.1, -0.05) is 42.5 Å². The van der Waals surface area contributed by atoms with E-state index in [0.29, 0.717) is 6.04 Å². The molecule has 0 amide bonds. The third-order valence-electron chi connectivity index (χ3n) is 3.33. The van der Waals surface area contributed by atoms with Gasteiger partial charge in [-0.05, 0) is 36.3 Å². The first-order valence-corrected chi connectivity index (χ1v) is 5.97. The normalized spacial score (nSPS) is 21.9. The number of allylic oxidation sites excluding steroid dienone is 5. The van der Waals surface area contributed by atoms with Crippen molar-refractivity contribution in [3.05, 3.63) is 78.2 Å². The van der Waals surface area contributed by atoms with Crippen LogP contribution in [0.5, 0.6) is 0 Å². The molecule has 3 rings (SSSR count). The first-order chi connectivity index (χ1) is 8.36. The maximum Gasteiger partial charge on any atom is 0.0563 e. The van der Waals surface area contributed by atoms with Gasteiger partial charge < -0.3 is 4.90 Å². The molecule has 0 fully saturated rings. The van der Waals surface area contributed by atoms with Crippen LogP contribution < -0.4 is 0 Å². The second-order valence-electron chi connectivity index (χ2n) is 4.36. The Kier molecular flexibility index (Phi) is 2.45. The van der Waals surface area contributed by atoms with Gasteiger partial charge >= 0.3 is 0 Å². The van der Waals surface area contributed by atoms with Crippen LogP contribution in [0.25, 0.3) is 5.57 Å². The summed E-state index contributed by atoms with van der Waals surface area (Å²) in [7, 11) is 0. The molecule has 0 saturated heterocycles. The predicted octanol–water partition coefficient (Wildman–Crippen LogP) is 3.74. The van der Waals surface area contributed by atoms with Gasteiger partial charge in [0.25, 0.3) is 0 Å². The maximum absolute atomic E-state index is 2.31. The molecule has 1 heteroatoms. The van der Waals surface area contributed by atoms with Gasteiger partial charge in [0.05, 0.1) is 6.04 Å². The lowest BCUT2D eigenvalue weighted by molar-refractivity contribution is 0.430. The van der Waals surface area contributed by atoms with Gasteiger partial charge in [-0.3, -0.25) is 0 Å². The molecule has 2 aliphatic rings. The standard InChI is InChI=1S/C16H15N/c1-13-16(14-7-3-2-4-8-14)11-10-15-9-5-6-12-17(13)15/h2-13H,1H3. The Balaban J connectivity index is 2.02. The minimum absolute atomic E-state index is 0.388. The molecule has 0 saturated carbocycles. The summed E-state index contributed by atoms with van der Waals surface area (Å²) in [6.45, 7) is 2.25. The molecule has 0 aromatic heterocycles. The molecule has 2 heterocycles. The van der Waals surface area contributed by atoms with E-state index in [2.05, 4.69) is 78.7 Å². The molecule has 1 unspecified atom stereocenters. The summed E-state index contributed by atoms with van der Waals surface area (Å²) >= 11 is 0. The molecular weight excluding hydrogens is 206 g/mol. The Morgan fingerprint density at radius 3 is 2.65 bits per heavy atom. The number of hydrogen-bond donors (Lipinski definition) is 0. The molecule has 0 N–H and O–H groups in total. The van der Waals surface area contributed by atoms with Crippen LogP contribution in [0.15, 0.2) is 72.6 Å². The number of nitrogens with zero attached hydrogens (tertiary/aromatic N) is 1. The molecule has 0 radical (unpaired) electrons. The molecule has 1 aromatic rings. The summed E-state index contributed by atoms with van der Waals surface area (Å²) in [6, 6.07) is 11.0. The Labute approximate surface area is 102 Å². The summed E-state index contributed by atoms with van der Waals surface area (Å²) in [6.07, 6.45) is 12.9. The largest absolute Gasteiger partial charge is 0.341 e. The van der Waals surface area contributed by atoms with Gasteiger partial charge in [0.15, 0.2) is 0 Å². The zero-order valence-corrected chi connectivity index (χ0v) is 9.88. The highest BCUT2D eigenvalue weighted by Gasteiger charge is 2.22. The molecule has 84 valence electrons. The second-order valence-corrected chi connectivity index (χ2v) is 4.36. The Bertz CT molecular complexity index is 532. The molecule has 1 atom stereocenters. The molecule has 0 bridgehead atoms. The summed E-state index contributed by atoms with van der Waals surface area (Å²) in [4.78, 5) is 2.31. The van der Waals surface area contributed by atoms with Crippen molar-refractivity contribution in [3.63, 3.8) is 0 Å². The van der Waals surface area contributed by atoms with E-state index in [9.17, 15) is 0 Å². The monoisotopic (exact) mass is 221 g/mol. The molecule has 17 heavy (non-hydrogen) atoms. The van der Waals surface area contributed by atoms with Gasteiger partial charge in [-0.25, -0.2) is 0 Å². The fourth-order valence-corrected chi connectivity index (χ4v) is 2.40. The topological polar surface area (TPSA) is 3.24 Å². The van der Waals surface area contributed by atoms with Crippen LogP contribution in [-0.4, -0.2) is 10.9 Å². The van der Waals surface area contributed by atoms with Crippen LogP contribution >= 0.6 is 0 Å². The third kappa shape index (κ3) is 1.74. The maximum atomic E-state index is 2.31. The zero-order chi connectivity index (χ0) is 11.7. The van der Waals surface area contributed by atoms with Crippen LogP contribution in [0.1, 0.15) is 12.5 Å². The lowest BCUT2D eigenvalue weighted by atomic mass is 9.94. The van der Waals surface area contributed by atoms with E-state index in [1.165, 1.54) is 16.8 Å². The quantitative estimate of drug-likeness (QED) is 0.698. The first kappa shape index (κ1) is 10.2. The number of hydrogen-bond acceptors (Lipinski definition) is 1. The highest BCUT2D eigenvalue weighted by atomic mass is 15.2. The van der Waals surface area contributed by atoms with Crippen molar-refractivity contribution in [2.75, 3.05) is 0 Å². The van der Waals surface area contributed by atoms with Crippen LogP contribution in [0.2, 0.25) is 0 Å². The molecule has 1 aromatic carbocycles. The summed E-state index contributed by atoms with van der Waals surface area (Å²) in [5.41, 5.74) is 3.94. The molecule has 1 nitrogen and oxygen atoms in total. The number of fused-ring (bicyclic) bond motifs is 1. The predicted molar refractivity (Wildman–Crippen MR) is 72.1 cm³/mol. The van der Waals surface area contributed by atoms with E-state index in [1.807, 2.05) is 0 Å². The van der Waals surface area contributed by atoms with Crippen molar-refractivity contribution < 1.29 is 0 Å². The smallest absolute Gasteiger partial charge is 0.0563 e. The molecule has 2 aliphatic heterocycles. The van der Waals surface area contributed by atoms with Crippen molar-refractivity contribution >= 4 is 5.57 Å². The molecule has 0 aliphatic carbocycles. The zero-order valence-electron chi connectivity index (χ0n) is 9.88. The van der Waals surface area contributed by atoms with E-state index in [4.69, 9.17) is 0 Å². The summed E-state index contributed by atoms with van der Waals surface area (Å²) < 4.78 is 0. The molecule has 0 spiro atoms. The highest BCUT2D eigenvalue weighted by molar-refractivity contribution is 5.73. The first-order valence-electron chi connectivity index (χ1n) is 5.97. The average Bonchev–Trinajstić information content (AvgIpc) is 2.40. The van der Waals surface area contributed by atoms with Gasteiger partial charge in [0, 0.05) is 11.9 Å². The Morgan fingerprint density at radius 1 is 1.00 bits per heavy atom. The Hall–Kier alpha value is -2.02. The Morgan fingerprint density at radius 2 is 1.82 bits per heavy atom. The van der Waals surface area contributed by atoms with Crippen LogP contribution in [0.3, 0.4) is 0 Å². The van der Waals surface area contributed by atoms with E-state index in [0.717, 1.165) is 0 Å². The van der Waals surface area contributed by atoms with E-state index in [1.54, 1.807) is 0 Å². The lowest BCUT2D eigenvalue weighted by Gasteiger charge is -2.34. The van der Waals surface area contributed by atoms with Crippen molar-refractivity contribution in [2.45, 2.75) is 13.0 Å². The average molecular weight is 221 g/mol. The van der Waals surface area contributed by atoms with Crippen molar-refractivity contribution in [3.8, 4) is 0 Å².